The molecule has 1 saturated heterocycles. The van der Waals surface area contributed by atoms with E-state index in [1.54, 1.807) is 11.3 Å². The maximum Gasteiger partial charge on any atom is 0.270 e. The monoisotopic (exact) mass is 608 g/mol. The first-order valence-corrected chi connectivity index (χ1v) is 16.3. The van der Waals surface area contributed by atoms with Gasteiger partial charge in [-0.2, -0.15) is 0 Å². The number of imidazole rings is 1. The third-order valence-corrected chi connectivity index (χ3v) is 9.88. The van der Waals surface area contributed by atoms with E-state index >= 15 is 0 Å². The summed E-state index contributed by atoms with van der Waals surface area (Å²) in [4.78, 5) is 35.3. The predicted octanol–water partition coefficient (Wildman–Crippen LogP) is 7.49. The van der Waals surface area contributed by atoms with Crippen molar-refractivity contribution in [1.82, 2.24) is 29.4 Å². The zero-order chi connectivity index (χ0) is 30.2. The van der Waals surface area contributed by atoms with Gasteiger partial charge in [0.1, 0.15) is 5.69 Å². The summed E-state index contributed by atoms with van der Waals surface area (Å²) in [6, 6.07) is 33.6. The number of nitrogens with zero attached hydrogens (tertiary/aromatic N) is 5. The molecule has 1 fully saturated rings. The molecule has 0 unspecified atom stereocenters. The molecule has 1 N–H and O–H groups in total. The highest BCUT2D eigenvalue weighted by Crippen LogP contribution is 2.39. The Morgan fingerprint density at radius 2 is 1.49 bits per heavy atom. The summed E-state index contributed by atoms with van der Waals surface area (Å²) in [6.07, 6.45) is 6.22. The molecule has 1 aliphatic rings. The van der Waals surface area contributed by atoms with Gasteiger partial charge in [-0.15, -0.1) is 11.3 Å². The lowest BCUT2D eigenvalue weighted by Gasteiger charge is -2.33. The molecule has 5 heterocycles. The molecule has 4 aromatic heterocycles. The van der Waals surface area contributed by atoms with Crippen molar-refractivity contribution in [3.8, 4) is 21.1 Å². The molecule has 0 saturated carbocycles. The second-order valence-corrected chi connectivity index (χ2v) is 12.8. The van der Waals surface area contributed by atoms with Crippen LogP contribution in [-0.2, 0) is 13.0 Å². The molecule has 222 valence electrons. The van der Waals surface area contributed by atoms with Gasteiger partial charge < -0.3 is 9.55 Å². The summed E-state index contributed by atoms with van der Waals surface area (Å²) in [5.74, 6) is 0.971. The van der Waals surface area contributed by atoms with Crippen molar-refractivity contribution in [2.45, 2.75) is 31.8 Å². The molecule has 7 aromatic rings. The number of pyridine rings is 1. The van der Waals surface area contributed by atoms with Crippen molar-refractivity contribution in [3.05, 3.63) is 137 Å². The normalized spacial score (nSPS) is 14.4. The molecule has 3 aromatic carbocycles. The van der Waals surface area contributed by atoms with E-state index in [9.17, 15) is 4.79 Å². The zero-order valence-corrected chi connectivity index (χ0v) is 25.6. The number of benzene rings is 3. The summed E-state index contributed by atoms with van der Waals surface area (Å²) < 4.78 is 2.44. The van der Waals surface area contributed by atoms with Gasteiger partial charge in [0.25, 0.3) is 5.56 Å². The van der Waals surface area contributed by atoms with Crippen molar-refractivity contribution >= 4 is 33.4 Å². The number of thiophene rings is 1. The molecule has 0 spiro atoms. The second-order valence-electron chi connectivity index (χ2n) is 11.7. The Balaban J connectivity index is 1.20. The first-order chi connectivity index (χ1) is 22.2. The highest BCUT2D eigenvalue weighted by molar-refractivity contribution is 7.18. The lowest BCUT2D eigenvalue weighted by atomic mass is 10.0. The SMILES string of the molecule is O=c1[nH]c2cc3nc(-c4ccc(-c5ccncc5)s4)n(C4CCN(Cc5ccccc5)CC4)c3cc2nc1Cc1ccccc1. The van der Waals surface area contributed by atoms with Gasteiger partial charge in [-0.05, 0) is 65.9 Å². The molecule has 0 bridgehead atoms. The van der Waals surface area contributed by atoms with Crippen LogP contribution in [0.1, 0.15) is 35.7 Å². The minimum absolute atomic E-state index is 0.156. The van der Waals surface area contributed by atoms with E-state index in [4.69, 9.17) is 9.97 Å². The van der Waals surface area contributed by atoms with Crippen LogP contribution in [0.2, 0.25) is 0 Å². The largest absolute Gasteiger partial charge is 0.320 e. The molecule has 0 aliphatic carbocycles. The Morgan fingerprint density at radius 3 is 2.24 bits per heavy atom. The molecule has 0 amide bonds. The van der Waals surface area contributed by atoms with Crippen molar-refractivity contribution in [2.24, 2.45) is 0 Å². The first-order valence-electron chi connectivity index (χ1n) is 15.4. The second kappa shape index (κ2) is 11.9. The van der Waals surface area contributed by atoms with Crippen LogP contribution < -0.4 is 5.56 Å². The number of hydrogen-bond acceptors (Lipinski definition) is 6. The van der Waals surface area contributed by atoms with E-state index in [0.29, 0.717) is 23.7 Å². The van der Waals surface area contributed by atoms with Crippen molar-refractivity contribution in [3.63, 3.8) is 0 Å². The molecule has 0 atom stereocenters. The number of aromatic amines is 1. The average Bonchev–Trinajstić information content (AvgIpc) is 3.71. The quantitative estimate of drug-likeness (QED) is 0.203. The maximum absolute atomic E-state index is 13.1. The number of aromatic nitrogens is 5. The fourth-order valence-corrected chi connectivity index (χ4v) is 7.47. The van der Waals surface area contributed by atoms with Gasteiger partial charge >= 0.3 is 0 Å². The summed E-state index contributed by atoms with van der Waals surface area (Å²) in [5, 5.41) is 0. The first kappa shape index (κ1) is 27.6. The molecular formula is C37H32N6OS. The van der Waals surface area contributed by atoms with Gasteiger partial charge in [0.2, 0.25) is 0 Å². The van der Waals surface area contributed by atoms with Crippen molar-refractivity contribution in [2.75, 3.05) is 13.1 Å². The molecule has 8 rings (SSSR count). The molecule has 8 heteroatoms. The minimum Gasteiger partial charge on any atom is -0.320 e. The Kier molecular flexibility index (Phi) is 7.29. The van der Waals surface area contributed by atoms with Crippen LogP contribution in [0.3, 0.4) is 0 Å². The Bertz CT molecular complexity index is 2150. The summed E-state index contributed by atoms with van der Waals surface area (Å²) in [6.45, 7) is 3.01. The van der Waals surface area contributed by atoms with Crippen LogP contribution in [0.5, 0.6) is 0 Å². The number of hydrogen-bond donors (Lipinski definition) is 1. The van der Waals surface area contributed by atoms with E-state index in [0.717, 1.165) is 70.9 Å². The smallest absolute Gasteiger partial charge is 0.270 e. The van der Waals surface area contributed by atoms with Crippen LogP contribution in [0.4, 0.5) is 0 Å². The standard InChI is InChI=1S/C37H32N6OS/c44-37-32(21-25-7-3-1-4-8-25)39-30-23-33-31(22-29(30)41-37)40-36(35-12-11-34(45-35)27-13-17-38-18-14-27)43(33)28-15-19-42(20-16-28)24-26-9-5-2-6-10-26/h1-14,17-18,22-23,28H,15-16,19-21,24H2,(H,41,44). The number of H-pyrrole nitrogens is 1. The van der Waals surface area contributed by atoms with E-state index in [-0.39, 0.29) is 5.56 Å². The predicted molar refractivity (Wildman–Crippen MR) is 181 cm³/mol. The summed E-state index contributed by atoms with van der Waals surface area (Å²) in [7, 11) is 0. The van der Waals surface area contributed by atoms with E-state index in [1.807, 2.05) is 60.9 Å². The van der Waals surface area contributed by atoms with Gasteiger partial charge in [-0.1, -0.05) is 60.7 Å². The molecule has 7 nitrogen and oxygen atoms in total. The van der Waals surface area contributed by atoms with Gasteiger partial charge in [0.15, 0.2) is 5.82 Å². The Hall–Kier alpha value is -4.92. The lowest BCUT2D eigenvalue weighted by Crippen LogP contribution is -2.34. The lowest BCUT2D eigenvalue weighted by molar-refractivity contribution is 0.182. The number of rotatable bonds is 7. The van der Waals surface area contributed by atoms with Crippen LogP contribution in [0, 0.1) is 0 Å². The van der Waals surface area contributed by atoms with Crippen LogP contribution in [0.15, 0.2) is 114 Å². The highest BCUT2D eigenvalue weighted by atomic mass is 32.1. The average molecular weight is 609 g/mol. The fraction of sp³-hybridized carbons (Fsp3) is 0.189. The summed E-state index contributed by atoms with van der Waals surface area (Å²) in [5.41, 5.74) is 7.35. The number of nitrogens with one attached hydrogen (secondary N) is 1. The van der Waals surface area contributed by atoms with Crippen LogP contribution in [0.25, 0.3) is 43.2 Å². The third-order valence-electron chi connectivity index (χ3n) is 8.75. The number of fused-ring (bicyclic) bond motifs is 2. The number of likely N-dealkylation sites (tertiary alicyclic amines) is 1. The van der Waals surface area contributed by atoms with Gasteiger partial charge in [0.05, 0.1) is 26.9 Å². The molecule has 45 heavy (non-hydrogen) atoms. The molecule has 1 aliphatic heterocycles. The van der Waals surface area contributed by atoms with E-state index in [1.165, 1.54) is 10.4 Å². The summed E-state index contributed by atoms with van der Waals surface area (Å²) >= 11 is 1.75. The van der Waals surface area contributed by atoms with E-state index in [2.05, 4.69) is 68.0 Å². The highest BCUT2D eigenvalue weighted by Gasteiger charge is 2.26. The van der Waals surface area contributed by atoms with Gasteiger partial charge in [-0.3, -0.25) is 14.7 Å². The van der Waals surface area contributed by atoms with Crippen molar-refractivity contribution < 1.29 is 0 Å². The van der Waals surface area contributed by atoms with Crippen LogP contribution in [-0.4, -0.2) is 42.5 Å². The van der Waals surface area contributed by atoms with Crippen LogP contribution >= 0.6 is 11.3 Å². The topological polar surface area (TPSA) is 79.7 Å². The Morgan fingerprint density at radius 1 is 0.778 bits per heavy atom. The van der Waals surface area contributed by atoms with Gasteiger partial charge in [-0.25, -0.2) is 9.97 Å². The van der Waals surface area contributed by atoms with Gasteiger partial charge in [0, 0.05) is 49.4 Å². The minimum atomic E-state index is -0.156. The fourth-order valence-electron chi connectivity index (χ4n) is 6.47. The Labute approximate surface area is 264 Å². The third kappa shape index (κ3) is 5.59. The molecule has 0 radical (unpaired) electrons. The molecular weight excluding hydrogens is 577 g/mol. The number of piperidine rings is 1. The van der Waals surface area contributed by atoms with Crippen molar-refractivity contribution in [1.29, 1.82) is 0 Å². The maximum atomic E-state index is 13.1. The van der Waals surface area contributed by atoms with E-state index < -0.39 is 0 Å². The zero-order valence-electron chi connectivity index (χ0n) is 24.8.